The maximum Gasteiger partial charge on any atom is 0.277 e. The van der Waals surface area contributed by atoms with Crippen molar-refractivity contribution >= 4 is 10.2 Å². The van der Waals surface area contributed by atoms with Crippen LogP contribution in [0.15, 0.2) is 30.3 Å². The molecule has 1 fully saturated rings. The zero-order valence-electron chi connectivity index (χ0n) is 13.3. The molecule has 0 aliphatic carbocycles. The number of nitrogens with one attached hydrogen (secondary N) is 2. The third kappa shape index (κ3) is 4.76. The zero-order chi connectivity index (χ0) is 16.2. The van der Waals surface area contributed by atoms with Crippen LogP contribution in [0.3, 0.4) is 0 Å². The summed E-state index contributed by atoms with van der Waals surface area (Å²) in [5.41, 5.74) is 0.923. The number of nitrogens with zero attached hydrogens (tertiary/aromatic N) is 1. The molecule has 1 aromatic carbocycles. The molecular formula is C15H25N3O3S. The molecule has 1 heterocycles. The van der Waals surface area contributed by atoms with E-state index in [-0.39, 0.29) is 18.7 Å². The van der Waals surface area contributed by atoms with Crippen LogP contribution in [0.4, 0.5) is 0 Å². The normalized spacial score (nSPS) is 23.3. The van der Waals surface area contributed by atoms with Gasteiger partial charge in [0.1, 0.15) is 0 Å². The van der Waals surface area contributed by atoms with Crippen LogP contribution in [-0.2, 0) is 21.5 Å². The summed E-state index contributed by atoms with van der Waals surface area (Å²) in [4.78, 5) is 2.21. The van der Waals surface area contributed by atoms with Crippen LogP contribution in [0.1, 0.15) is 19.4 Å². The number of benzene rings is 1. The SMILES string of the molecule is CO[C@H]1CN(C(C)C)C[C@@H]1NS(=O)(=O)NCc1ccccc1. The highest BCUT2D eigenvalue weighted by Gasteiger charge is 2.36. The van der Waals surface area contributed by atoms with Crippen molar-refractivity contribution < 1.29 is 13.2 Å². The second-order valence-corrected chi connectivity index (χ2v) is 7.39. The number of hydrogen-bond acceptors (Lipinski definition) is 4. The van der Waals surface area contributed by atoms with Crippen molar-refractivity contribution in [2.45, 2.75) is 38.6 Å². The Bertz CT molecular complexity index is 563. The topological polar surface area (TPSA) is 70.7 Å². The van der Waals surface area contributed by atoms with Gasteiger partial charge in [0.2, 0.25) is 0 Å². The predicted octanol–water partition coefficient (Wildman–Crippen LogP) is 0.718. The first-order valence-corrected chi connectivity index (χ1v) is 8.97. The molecule has 0 amide bonds. The fourth-order valence-electron chi connectivity index (χ4n) is 2.59. The minimum atomic E-state index is -3.56. The van der Waals surface area contributed by atoms with E-state index in [4.69, 9.17) is 4.74 Å². The molecule has 0 aromatic heterocycles. The molecule has 1 saturated heterocycles. The lowest BCUT2D eigenvalue weighted by Crippen LogP contribution is -2.48. The summed E-state index contributed by atoms with van der Waals surface area (Å²) in [5, 5.41) is 0. The average Bonchev–Trinajstić information content (AvgIpc) is 2.89. The number of rotatable bonds is 7. The van der Waals surface area contributed by atoms with Gasteiger partial charge in [0.25, 0.3) is 10.2 Å². The number of likely N-dealkylation sites (tertiary alicyclic amines) is 1. The maximum atomic E-state index is 12.2. The molecule has 124 valence electrons. The first-order chi connectivity index (χ1) is 10.4. The molecule has 6 nitrogen and oxygen atoms in total. The highest BCUT2D eigenvalue weighted by atomic mass is 32.2. The van der Waals surface area contributed by atoms with Crippen molar-refractivity contribution in [2.75, 3.05) is 20.2 Å². The van der Waals surface area contributed by atoms with E-state index in [1.165, 1.54) is 0 Å². The molecule has 1 aliphatic rings. The van der Waals surface area contributed by atoms with E-state index >= 15 is 0 Å². The molecule has 0 bridgehead atoms. The third-order valence-corrected chi connectivity index (χ3v) is 5.08. The molecule has 1 aliphatic heterocycles. The minimum absolute atomic E-state index is 0.129. The van der Waals surface area contributed by atoms with Crippen molar-refractivity contribution in [1.82, 2.24) is 14.3 Å². The van der Waals surface area contributed by atoms with Gasteiger partial charge in [-0.05, 0) is 19.4 Å². The van der Waals surface area contributed by atoms with Gasteiger partial charge in [-0.1, -0.05) is 30.3 Å². The quantitative estimate of drug-likeness (QED) is 0.774. The van der Waals surface area contributed by atoms with Crippen LogP contribution >= 0.6 is 0 Å². The standard InChI is InChI=1S/C15H25N3O3S/c1-12(2)18-10-14(15(11-18)21-3)17-22(19,20)16-9-13-7-5-4-6-8-13/h4-8,12,14-17H,9-11H2,1-3H3/t14-,15-/m0/s1. The summed E-state index contributed by atoms with van der Waals surface area (Å²) >= 11 is 0. The number of ether oxygens (including phenoxy) is 1. The van der Waals surface area contributed by atoms with E-state index < -0.39 is 10.2 Å². The highest BCUT2D eigenvalue weighted by Crippen LogP contribution is 2.16. The molecule has 22 heavy (non-hydrogen) atoms. The monoisotopic (exact) mass is 327 g/mol. The number of methoxy groups -OCH3 is 1. The van der Waals surface area contributed by atoms with E-state index in [2.05, 4.69) is 28.2 Å². The Kier molecular flexibility index (Phi) is 5.94. The van der Waals surface area contributed by atoms with E-state index in [1.807, 2.05) is 30.3 Å². The van der Waals surface area contributed by atoms with Crippen molar-refractivity contribution in [1.29, 1.82) is 0 Å². The highest BCUT2D eigenvalue weighted by molar-refractivity contribution is 7.87. The van der Waals surface area contributed by atoms with Gasteiger partial charge in [-0.15, -0.1) is 0 Å². The minimum Gasteiger partial charge on any atom is -0.378 e. The second-order valence-electron chi connectivity index (χ2n) is 5.86. The Morgan fingerprint density at radius 2 is 1.95 bits per heavy atom. The van der Waals surface area contributed by atoms with E-state index in [9.17, 15) is 8.42 Å². The van der Waals surface area contributed by atoms with E-state index in [0.717, 1.165) is 12.1 Å². The van der Waals surface area contributed by atoms with Gasteiger partial charge in [-0.3, -0.25) is 4.90 Å². The summed E-state index contributed by atoms with van der Waals surface area (Å²) in [6, 6.07) is 9.57. The Morgan fingerprint density at radius 3 is 2.55 bits per heavy atom. The Morgan fingerprint density at radius 1 is 1.27 bits per heavy atom. The van der Waals surface area contributed by atoms with Crippen LogP contribution in [-0.4, -0.2) is 51.7 Å². The summed E-state index contributed by atoms with van der Waals surface area (Å²) in [7, 11) is -1.94. The van der Waals surface area contributed by atoms with E-state index in [1.54, 1.807) is 7.11 Å². The summed E-state index contributed by atoms with van der Waals surface area (Å²) in [6.45, 7) is 5.85. The van der Waals surface area contributed by atoms with Gasteiger partial charge in [0.05, 0.1) is 12.1 Å². The fourth-order valence-corrected chi connectivity index (χ4v) is 3.66. The molecule has 1 aromatic rings. The molecule has 0 saturated carbocycles. The zero-order valence-corrected chi connectivity index (χ0v) is 14.1. The smallest absolute Gasteiger partial charge is 0.277 e. The van der Waals surface area contributed by atoms with Crippen LogP contribution in [0.5, 0.6) is 0 Å². The maximum absolute atomic E-state index is 12.2. The van der Waals surface area contributed by atoms with Crippen LogP contribution in [0.25, 0.3) is 0 Å². The lowest BCUT2D eigenvalue weighted by atomic mass is 10.2. The molecule has 0 unspecified atom stereocenters. The lowest BCUT2D eigenvalue weighted by molar-refractivity contribution is 0.0919. The summed E-state index contributed by atoms with van der Waals surface area (Å²) < 4.78 is 35.1. The van der Waals surface area contributed by atoms with Crippen molar-refractivity contribution in [3.8, 4) is 0 Å². The van der Waals surface area contributed by atoms with Gasteiger partial charge in [-0.2, -0.15) is 17.9 Å². The van der Waals surface area contributed by atoms with Crippen LogP contribution in [0.2, 0.25) is 0 Å². The molecular weight excluding hydrogens is 302 g/mol. The molecule has 2 atom stereocenters. The van der Waals surface area contributed by atoms with Gasteiger partial charge in [0.15, 0.2) is 0 Å². The molecule has 2 N–H and O–H groups in total. The van der Waals surface area contributed by atoms with Gasteiger partial charge in [-0.25, -0.2) is 0 Å². The Balaban J connectivity index is 1.93. The summed E-state index contributed by atoms with van der Waals surface area (Å²) in [6.07, 6.45) is -0.129. The molecule has 0 radical (unpaired) electrons. The fraction of sp³-hybridized carbons (Fsp3) is 0.600. The first kappa shape index (κ1) is 17.4. The van der Waals surface area contributed by atoms with Crippen molar-refractivity contribution in [2.24, 2.45) is 0 Å². The Hall–Kier alpha value is -0.990. The van der Waals surface area contributed by atoms with Gasteiger partial charge < -0.3 is 4.74 Å². The molecule has 2 rings (SSSR count). The van der Waals surface area contributed by atoms with Crippen molar-refractivity contribution in [3.05, 3.63) is 35.9 Å². The van der Waals surface area contributed by atoms with Crippen LogP contribution < -0.4 is 9.44 Å². The number of hydrogen-bond donors (Lipinski definition) is 2. The van der Waals surface area contributed by atoms with Gasteiger partial charge in [0, 0.05) is 32.8 Å². The van der Waals surface area contributed by atoms with E-state index in [0.29, 0.717) is 12.6 Å². The van der Waals surface area contributed by atoms with Crippen LogP contribution in [0, 0.1) is 0 Å². The summed E-state index contributed by atoms with van der Waals surface area (Å²) in [5.74, 6) is 0. The lowest BCUT2D eigenvalue weighted by Gasteiger charge is -2.20. The average molecular weight is 327 g/mol. The predicted molar refractivity (Wildman–Crippen MR) is 86.6 cm³/mol. The Labute approximate surface area is 133 Å². The van der Waals surface area contributed by atoms with Crippen molar-refractivity contribution in [3.63, 3.8) is 0 Å². The molecule has 7 heteroatoms. The third-order valence-electron chi connectivity index (χ3n) is 3.94. The second kappa shape index (κ2) is 7.52. The molecule has 0 spiro atoms. The largest absolute Gasteiger partial charge is 0.378 e. The van der Waals surface area contributed by atoms with Gasteiger partial charge >= 0.3 is 0 Å². The first-order valence-electron chi connectivity index (χ1n) is 7.49.